The molecule has 0 spiro atoms. The molecule has 172 valence electrons. The van der Waals surface area contributed by atoms with Crippen LogP contribution in [-0.4, -0.2) is 51.6 Å². The van der Waals surface area contributed by atoms with E-state index in [1.54, 1.807) is 32.2 Å². The van der Waals surface area contributed by atoms with Gasteiger partial charge in [-0.15, -0.1) is 0 Å². The van der Waals surface area contributed by atoms with Crippen LogP contribution in [0.15, 0.2) is 42.5 Å². The molecule has 0 bridgehead atoms. The van der Waals surface area contributed by atoms with Crippen molar-refractivity contribution >= 4 is 27.6 Å². The Morgan fingerprint density at radius 2 is 1.72 bits per heavy atom. The molecule has 1 aliphatic rings. The van der Waals surface area contributed by atoms with Gasteiger partial charge in [0.2, 0.25) is 10.0 Å². The second-order valence-corrected chi connectivity index (χ2v) is 9.89. The number of hydrogen-bond donors (Lipinski definition) is 3. The van der Waals surface area contributed by atoms with Crippen LogP contribution in [-0.2, 0) is 16.6 Å². The van der Waals surface area contributed by atoms with Crippen molar-refractivity contribution in [3.63, 3.8) is 0 Å². The molecule has 2 aromatic carbocycles. The molecular weight excluding hydrogens is 428 g/mol. The molecule has 3 N–H and O–H groups in total. The molecule has 32 heavy (non-hydrogen) atoms. The molecule has 0 unspecified atom stereocenters. The van der Waals surface area contributed by atoms with Crippen LogP contribution >= 0.6 is 0 Å². The molecule has 0 aromatic heterocycles. The van der Waals surface area contributed by atoms with Crippen LogP contribution in [0.25, 0.3) is 0 Å². The third-order valence-corrected chi connectivity index (χ3v) is 6.28. The van der Waals surface area contributed by atoms with Gasteiger partial charge in [-0.05, 0) is 54.5 Å². The number of nitrogens with one attached hydrogen (secondary N) is 3. The fourth-order valence-corrected chi connectivity index (χ4v) is 4.46. The number of nitrogens with zero attached hydrogens (tertiary/aromatic N) is 1. The van der Waals surface area contributed by atoms with Gasteiger partial charge in [0.1, 0.15) is 0 Å². The van der Waals surface area contributed by atoms with E-state index in [4.69, 9.17) is 0 Å². The molecular formula is C23H30N4O4S. The van der Waals surface area contributed by atoms with Crippen molar-refractivity contribution < 1.29 is 18.0 Å². The number of hydrogen-bond acceptors (Lipinski definition) is 4. The number of aryl methyl sites for hydroxylation is 1. The molecule has 9 heteroatoms. The highest BCUT2D eigenvalue weighted by Crippen LogP contribution is 2.29. The van der Waals surface area contributed by atoms with Crippen molar-refractivity contribution in [2.75, 3.05) is 31.1 Å². The fraction of sp³-hybridized carbons (Fsp3) is 0.391. The van der Waals surface area contributed by atoms with Crippen LogP contribution in [0, 0.1) is 6.92 Å². The number of sulfonamides is 1. The molecule has 0 aliphatic carbocycles. The lowest BCUT2D eigenvalue weighted by Gasteiger charge is -2.32. The van der Waals surface area contributed by atoms with Gasteiger partial charge in [-0.25, -0.2) is 13.2 Å². The van der Waals surface area contributed by atoms with Crippen LogP contribution in [0.2, 0.25) is 0 Å². The Balaban J connectivity index is 1.59. The summed E-state index contributed by atoms with van der Waals surface area (Å²) in [5.74, 6) is 0.288. The summed E-state index contributed by atoms with van der Waals surface area (Å²) in [6, 6.07) is 13.1. The summed E-state index contributed by atoms with van der Waals surface area (Å²) in [5.41, 5.74) is 3.94. The molecule has 1 heterocycles. The number of urea groups is 1. The molecule has 1 fully saturated rings. The topological polar surface area (TPSA) is 108 Å². The lowest BCUT2D eigenvalue weighted by Crippen LogP contribution is -2.38. The summed E-state index contributed by atoms with van der Waals surface area (Å²) in [4.78, 5) is 26.1. The van der Waals surface area contributed by atoms with E-state index in [-0.39, 0.29) is 11.9 Å². The molecule has 0 saturated carbocycles. The largest absolute Gasteiger partial charge is 0.341 e. The predicted octanol–water partition coefficient (Wildman–Crippen LogP) is 2.82. The Bertz CT molecular complexity index is 1080. The first-order chi connectivity index (χ1) is 15.2. The van der Waals surface area contributed by atoms with Crippen molar-refractivity contribution in [2.24, 2.45) is 0 Å². The van der Waals surface area contributed by atoms with E-state index in [1.165, 1.54) is 5.56 Å². The Kier molecular flexibility index (Phi) is 7.40. The fourth-order valence-electron chi connectivity index (χ4n) is 3.84. The highest BCUT2D eigenvalue weighted by molar-refractivity contribution is 7.92. The van der Waals surface area contributed by atoms with Crippen molar-refractivity contribution in [3.8, 4) is 0 Å². The number of anilines is 1. The smallest absolute Gasteiger partial charge is 0.314 e. The number of rotatable bonds is 6. The van der Waals surface area contributed by atoms with Crippen molar-refractivity contribution in [1.82, 2.24) is 15.5 Å². The molecule has 3 amide bonds. The summed E-state index contributed by atoms with van der Waals surface area (Å²) < 4.78 is 25.6. The van der Waals surface area contributed by atoms with E-state index >= 15 is 0 Å². The minimum absolute atomic E-state index is 0.0874. The molecule has 2 aromatic rings. The standard InChI is InChI=1S/C23H30N4O4S/c1-16-4-7-20(14-21(16)26-32(3,30)31)22(28)27-12-10-19(11-13-27)18-8-5-17(6-9-18)15-25-23(29)24-2/h4-9,14,19,26H,10-13,15H2,1-3H3,(H2,24,25,29). The molecule has 0 atom stereocenters. The summed E-state index contributed by atoms with van der Waals surface area (Å²) in [7, 11) is -1.83. The monoisotopic (exact) mass is 458 g/mol. The normalized spacial score (nSPS) is 14.7. The maximum Gasteiger partial charge on any atom is 0.314 e. The third-order valence-electron chi connectivity index (χ3n) is 5.69. The van der Waals surface area contributed by atoms with E-state index < -0.39 is 10.0 Å². The van der Waals surface area contributed by atoms with Gasteiger partial charge in [0, 0.05) is 32.2 Å². The number of amides is 3. The Morgan fingerprint density at radius 3 is 2.31 bits per heavy atom. The van der Waals surface area contributed by atoms with Gasteiger partial charge in [-0.1, -0.05) is 30.3 Å². The molecule has 0 radical (unpaired) electrons. The zero-order chi connectivity index (χ0) is 23.3. The highest BCUT2D eigenvalue weighted by atomic mass is 32.2. The maximum atomic E-state index is 13.0. The SMILES string of the molecule is CNC(=O)NCc1ccc(C2CCN(C(=O)c3ccc(C)c(NS(C)(=O)=O)c3)CC2)cc1. The zero-order valence-corrected chi connectivity index (χ0v) is 19.5. The number of carbonyl (C=O) groups excluding carboxylic acids is 2. The van der Waals surface area contributed by atoms with E-state index in [9.17, 15) is 18.0 Å². The molecule has 8 nitrogen and oxygen atoms in total. The van der Waals surface area contributed by atoms with E-state index in [2.05, 4.69) is 27.5 Å². The van der Waals surface area contributed by atoms with E-state index in [1.807, 2.05) is 17.0 Å². The van der Waals surface area contributed by atoms with Gasteiger partial charge >= 0.3 is 6.03 Å². The first-order valence-electron chi connectivity index (χ1n) is 10.6. The van der Waals surface area contributed by atoms with Crippen LogP contribution in [0.1, 0.15) is 45.8 Å². The average molecular weight is 459 g/mol. The molecule has 1 saturated heterocycles. The van der Waals surface area contributed by atoms with Gasteiger partial charge in [0.25, 0.3) is 5.91 Å². The van der Waals surface area contributed by atoms with Gasteiger partial charge in [0.15, 0.2) is 0 Å². The Morgan fingerprint density at radius 1 is 1.06 bits per heavy atom. The lowest BCUT2D eigenvalue weighted by atomic mass is 9.88. The second-order valence-electron chi connectivity index (χ2n) is 8.14. The maximum absolute atomic E-state index is 13.0. The summed E-state index contributed by atoms with van der Waals surface area (Å²) in [6.07, 6.45) is 2.82. The summed E-state index contributed by atoms with van der Waals surface area (Å²) in [6.45, 7) is 3.56. The van der Waals surface area contributed by atoms with Gasteiger partial charge in [0.05, 0.1) is 11.9 Å². The van der Waals surface area contributed by atoms with Gasteiger partial charge in [-0.3, -0.25) is 9.52 Å². The second kappa shape index (κ2) is 10.0. The van der Waals surface area contributed by atoms with Crippen LogP contribution in [0.3, 0.4) is 0 Å². The average Bonchev–Trinajstić information content (AvgIpc) is 2.78. The summed E-state index contributed by atoms with van der Waals surface area (Å²) >= 11 is 0. The Labute approximate surface area is 189 Å². The number of likely N-dealkylation sites (tertiary alicyclic amines) is 1. The van der Waals surface area contributed by atoms with Gasteiger partial charge in [-0.2, -0.15) is 0 Å². The van der Waals surface area contributed by atoms with Crippen LogP contribution < -0.4 is 15.4 Å². The van der Waals surface area contributed by atoms with Crippen molar-refractivity contribution in [2.45, 2.75) is 32.2 Å². The Hall–Kier alpha value is -3.07. The minimum atomic E-state index is -3.42. The highest BCUT2D eigenvalue weighted by Gasteiger charge is 2.25. The molecule has 1 aliphatic heterocycles. The van der Waals surface area contributed by atoms with Crippen LogP contribution in [0.4, 0.5) is 10.5 Å². The lowest BCUT2D eigenvalue weighted by molar-refractivity contribution is 0.0713. The van der Waals surface area contributed by atoms with Crippen LogP contribution in [0.5, 0.6) is 0 Å². The zero-order valence-electron chi connectivity index (χ0n) is 18.6. The van der Waals surface area contributed by atoms with E-state index in [0.717, 1.165) is 30.2 Å². The van der Waals surface area contributed by atoms with Crippen molar-refractivity contribution in [3.05, 3.63) is 64.7 Å². The van der Waals surface area contributed by atoms with Crippen molar-refractivity contribution in [1.29, 1.82) is 0 Å². The first kappa shape index (κ1) is 23.6. The quantitative estimate of drug-likeness (QED) is 0.619. The predicted molar refractivity (Wildman–Crippen MR) is 125 cm³/mol. The molecule has 3 rings (SSSR count). The number of benzene rings is 2. The third kappa shape index (κ3) is 6.23. The van der Waals surface area contributed by atoms with E-state index in [0.29, 0.717) is 36.8 Å². The number of carbonyl (C=O) groups is 2. The first-order valence-corrected chi connectivity index (χ1v) is 12.5. The minimum Gasteiger partial charge on any atom is -0.341 e. The van der Waals surface area contributed by atoms with Gasteiger partial charge < -0.3 is 15.5 Å². The summed E-state index contributed by atoms with van der Waals surface area (Å²) in [5, 5.41) is 5.30. The number of piperidine rings is 1.